The molecular weight excluding hydrogens is 270 g/mol. The first-order valence-electron chi connectivity index (χ1n) is 5.86. The summed E-state index contributed by atoms with van der Waals surface area (Å²) in [5.74, 6) is 0. The van der Waals surface area contributed by atoms with Crippen LogP contribution in [0, 0.1) is 6.92 Å². The SMILES string of the molecule is CCC(C)(C)N(C)S(=O)(=O)c1cc(C)c(CO)s1. The highest BCUT2D eigenvalue weighted by atomic mass is 32.2. The highest BCUT2D eigenvalue weighted by Gasteiger charge is 2.33. The van der Waals surface area contributed by atoms with Crippen LogP contribution in [0.4, 0.5) is 0 Å². The molecule has 104 valence electrons. The summed E-state index contributed by atoms with van der Waals surface area (Å²) in [5, 5.41) is 9.14. The fraction of sp³-hybridized carbons (Fsp3) is 0.667. The molecule has 0 radical (unpaired) electrons. The number of hydrogen-bond donors (Lipinski definition) is 1. The van der Waals surface area contributed by atoms with Crippen LogP contribution in [0.5, 0.6) is 0 Å². The molecule has 0 bridgehead atoms. The maximum atomic E-state index is 12.5. The van der Waals surface area contributed by atoms with Crippen molar-refractivity contribution in [3.05, 3.63) is 16.5 Å². The summed E-state index contributed by atoms with van der Waals surface area (Å²) in [5.41, 5.74) is 0.402. The van der Waals surface area contributed by atoms with Gasteiger partial charge in [-0.15, -0.1) is 11.3 Å². The van der Waals surface area contributed by atoms with Crippen LogP contribution in [-0.4, -0.2) is 30.4 Å². The van der Waals surface area contributed by atoms with E-state index in [9.17, 15) is 8.42 Å². The first-order valence-corrected chi connectivity index (χ1v) is 8.11. The Kier molecular flexibility index (Phi) is 4.59. The molecule has 0 aliphatic rings. The first kappa shape index (κ1) is 15.6. The average Bonchev–Trinajstić information content (AvgIpc) is 2.70. The molecule has 0 saturated heterocycles. The molecule has 0 fully saturated rings. The van der Waals surface area contributed by atoms with Gasteiger partial charge in [-0.25, -0.2) is 8.42 Å². The largest absolute Gasteiger partial charge is 0.391 e. The Bertz CT molecular complexity index is 517. The molecule has 1 heterocycles. The fourth-order valence-electron chi connectivity index (χ4n) is 1.46. The van der Waals surface area contributed by atoms with E-state index in [-0.39, 0.29) is 6.61 Å². The van der Waals surface area contributed by atoms with E-state index in [1.54, 1.807) is 13.1 Å². The molecule has 0 aliphatic heterocycles. The van der Waals surface area contributed by atoms with Crippen LogP contribution < -0.4 is 0 Å². The van der Waals surface area contributed by atoms with Crippen molar-refractivity contribution in [3.63, 3.8) is 0 Å². The van der Waals surface area contributed by atoms with Crippen molar-refractivity contribution in [1.82, 2.24) is 4.31 Å². The van der Waals surface area contributed by atoms with E-state index in [0.29, 0.717) is 9.09 Å². The molecule has 1 aromatic rings. The predicted octanol–water partition coefficient (Wildman–Crippen LogP) is 2.36. The van der Waals surface area contributed by atoms with Crippen LogP contribution in [0.15, 0.2) is 10.3 Å². The highest BCUT2D eigenvalue weighted by molar-refractivity contribution is 7.91. The third kappa shape index (κ3) is 2.77. The Balaban J connectivity index is 3.21. The van der Waals surface area contributed by atoms with Gasteiger partial charge >= 0.3 is 0 Å². The molecule has 4 nitrogen and oxygen atoms in total. The van der Waals surface area contributed by atoms with Gasteiger partial charge in [0.05, 0.1) is 6.61 Å². The number of thiophene rings is 1. The summed E-state index contributed by atoms with van der Waals surface area (Å²) in [4.78, 5) is 0.705. The lowest BCUT2D eigenvalue weighted by Crippen LogP contribution is -2.44. The van der Waals surface area contributed by atoms with Crippen molar-refractivity contribution < 1.29 is 13.5 Å². The molecule has 0 unspecified atom stereocenters. The summed E-state index contributed by atoms with van der Waals surface area (Å²) in [6.45, 7) is 7.46. The summed E-state index contributed by atoms with van der Waals surface area (Å²) in [6.07, 6.45) is 0.736. The van der Waals surface area contributed by atoms with Gasteiger partial charge < -0.3 is 5.11 Å². The quantitative estimate of drug-likeness (QED) is 0.906. The maximum absolute atomic E-state index is 12.5. The summed E-state index contributed by atoms with van der Waals surface area (Å²) >= 11 is 1.14. The van der Waals surface area contributed by atoms with Crippen LogP contribution in [0.1, 0.15) is 37.6 Å². The van der Waals surface area contributed by atoms with Gasteiger partial charge in [-0.3, -0.25) is 0 Å². The molecule has 18 heavy (non-hydrogen) atoms. The second-order valence-electron chi connectivity index (χ2n) is 4.97. The van der Waals surface area contributed by atoms with Crippen molar-refractivity contribution >= 4 is 21.4 Å². The van der Waals surface area contributed by atoms with Crippen molar-refractivity contribution in [2.75, 3.05) is 7.05 Å². The molecule has 0 aliphatic carbocycles. The molecule has 1 rings (SSSR count). The zero-order valence-corrected chi connectivity index (χ0v) is 13.2. The van der Waals surface area contributed by atoms with E-state index >= 15 is 0 Å². The molecule has 6 heteroatoms. The Hall–Kier alpha value is -0.430. The zero-order chi connectivity index (χ0) is 14.1. The van der Waals surface area contributed by atoms with E-state index in [4.69, 9.17) is 5.11 Å². The van der Waals surface area contributed by atoms with Gasteiger partial charge in [0.1, 0.15) is 4.21 Å². The maximum Gasteiger partial charge on any atom is 0.252 e. The normalized spacial score (nSPS) is 13.3. The van der Waals surface area contributed by atoms with Crippen molar-refractivity contribution in [2.24, 2.45) is 0 Å². The monoisotopic (exact) mass is 291 g/mol. The second-order valence-corrected chi connectivity index (χ2v) is 8.30. The Morgan fingerprint density at radius 2 is 2.00 bits per heavy atom. The van der Waals surface area contributed by atoms with Gasteiger partial charge in [0.15, 0.2) is 0 Å². The summed E-state index contributed by atoms with van der Waals surface area (Å²) < 4.78 is 26.7. The number of sulfonamides is 1. The lowest BCUT2D eigenvalue weighted by Gasteiger charge is -2.33. The summed E-state index contributed by atoms with van der Waals surface area (Å²) in [6, 6.07) is 1.63. The Morgan fingerprint density at radius 1 is 1.44 bits per heavy atom. The number of aryl methyl sites for hydroxylation is 1. The number of nitrogens with zero attached hydrogens (tertiary/aromatic N) is 1. The van der Waals surface area contributed by atoms with Gasteiger partial charge in [-0.05, 0) is 38.8 Å². The van der Waals surface area contributed by atoms with Gasteiger partial charge in [-0.2, -0.15) is 4.31 Å². The number of aliphatic hydroxyl groups is 1. The molecule has 1 aromatic heterocycles. The minimum Gasteiger partial charge on any atom is -0.391 e. The number of hydrogen-bond acceptors (Lipinski definition) is 4. The number of rotatable bonds is 5. The Morgan fingerprint density at radius 3 is 2.39 bits per heavy atom. The zero-order valence-electron chi connectivity index (χ0n) is 11.5. The van der Waals surface area contributed by atoms with Crippen LogP contribution in [-0.2, 0) is 16.6 Å². The molecule has 0 aromatic carbocycles. The van der Waals surface area contributed by atoms with Gasteiger partial charge in [0.25, 0.3) is 10.0 Å². The van der Waals surface area contributed by atoms with Gasteiger partial charge in [-0.1, -0.05) is 6.92 Å². The van der Waals surface area contributed by atoms with Gasteiger partial charge in [0, 0.05) is 17.5 Å². The third-order valence-corrected chi connectivity index (χ3v) is 7.21. The molecule has 0 atom stereocenters. The highest BCUT2D eigenvalue weighted by Crippen LogP contribution is 2.31. The lowest BCUT2D eigenvalue weighted by molar-refractivity contribution is 0.257. The topological polar surface area (TPSA) is 57.6 Å². The van der Waals surface area contributed by atoms with E-state index in [0.717, 1.165) is 23.3 Å². The van der Waals surface area contributed by atoms with E-state index in [1.165, 1.54) is 4.31 Å². The standard InChI is InChI=1S/C12H21NO3S2/c1-6-12(3,4)13(5)18(15,16)11-7-9(2)10(8-14)17-11/h7,14H,6,8H2,1-5H3. The van der Waals surface area contributed by atoms with E-state index < -0.39 is 15.6 Å². The Labute approximate surface area is 113 Å². The smallest absolute Gasteiger partial charge is 0.252 e. The minimum atomic E-state index is -3.48. The van der Waals surface area contributed by atoms with Crippen LogP contribution in [0.3, 0.4) is 0 Å². The minimum absolute atomic E-state index is 0.118. The van der Waals surface area contributed by atoms with Crippen LogP contribution in [0.2, 0.25) is 0 Å². The van der Waals surface area contributed by atoms with Crippen molar-refractivity contribution in [1.29, 1.82) is 0 Å². The number of aliphatic hydroxyl groups excluding tert-OH is 1. The molecule has 1 N–H and O–H groups in total. The van der Waals surface area contributed by atoms with Gasteiger partial charge in [0.2, 0.25) is 0 Å². The van der Waals surface area contributed by atoms with E-state index in [1.807, 2.05) is 27.7 Å². The van der Waals surface area contributed by atoms with Crippen molar-refractivity contribution in [3.8, 4) is 0 Å². The lowest BCUT2D eigenvalue weighted by atomic mass is 10.0. The molecular formula is C12H21NO3S2. The molecule has 0 amide bonds. The van der Waals surface area contributed by atoms with Crippen LogP contribution >= 0.6 is 11.3 Å². The molecule has 0 spiro atoms. The second kappa shape index (κ2) is 5.28. The van der Waals surface area contributed by atoms with Crippen LogP contribution in [0.25, 0.3) is 0 Å². The summed E-state index contributed by atoms with van der Waals surface area (Å²) in [7, 11) is -1.88. The third-order valence-electron chi connectivity index (χ3n) is 3.47. The first-order chi connectivity index (χ1) is 8.16. The predicted molar refractivity (Wildman–Crippen MR) is 74.3 cm³/mol. The fourth-order valence-corrected chi connectivity index (χ4v) is 4.65. The van der Waals surface area contributed by atoms with E-state index in [2.05, 4.69) is 0 Å². The van der Waals surface area contributed by atoms with Crippen molar-refractivity contribution in [2.45, 2.75) is 50.5 Å². The average molecular weight is 291 g/mol. The molecule has 0 saturated carbocycles.